The molecular weight excluding hydrogens is 450 g/mol. The molecule has 1 heterocycles. The molecule has 4 rings (SSSR count). The van der Waals surface area contributed by atoms with Crippen LogP contribution in [-0.2, 0) is 14.0 Å². The van der Waals surface area contributed by atoms with E-state index in [1.807, 2.05) is 6.92 Å². The Bertz CT molecular complexity index is 919. The van der Waals surface area contributed by atoms with Crippen LogP contribution in [0.2, 0.25) is 5.04 Å². The minimum absolute atomic E-state index is 0.0199. The minimum Gasteiger partial charge on any atom is -0.466 e. The van der Waals surface area contributed by atoms with E-state index in [0.717, 1.165) is 19.4 Å². The molecule has 2 fully saturated rings. The van der Waals surface area contributed by atoms with Crippen molar-refractivity contribution in [3.63, 3.8) is 0 Å². The average molecular weight is 494 g/mol. The monoisotopic (exact) mass is 493 g/mol. The fourth-order valence-electron chi connectivity index (χ4n) is 6.68. The van der Waals surface area contributed by atoms with Gasteiger partial charge in [-0.15, -0.1) is 0 Å². The molecule has 1 saturated carbocycles. The molecule has 3 atom stereocenters. The summed E-state index contributed by atoms with van der Waals surface area (Å²) < 4.78 is 12.6. The topological polar surface area (TPSA) is 47.6 Å². The molecule has 4 nitrogen and oxygen atoms in total. The van der Waals surface area contributed by atoms with Crippen molar-refractivity contribution in [3.05, 3.63) is 60.7 Å². The summed E-state index contributed by atoms with van der Waals surface area (Å²) in [6.45, 7) is 10.1. The SMILES string of the molecule is CCOC(=O)C[C@H]1CCC[C@]2(CCC[C@@H]2CO[Si](c2ccccc2)(c2ccccc2)C(C)(C)C)N1. The second-order valence-corrected chi connectivity index (χ2v) is 15.8. The summed E-state index contributed by atoms with van der Waals surface area (Å²) in [4.78, 5) is 12.2. The Morgan fingerprint density at radius 2 is 1.54 bits per heavy atom. The molecule has 0 radical (unpaired) electrons. The van der Waals surface area contributed by atoms with E-state index in [-0.39, 0.29) is 22.6 Å². The third kappa shape index (κ3) is 5.42. The number of ether oxygens (including phenoxy) is 1. The third-order valence-corrected chi connectivity index (χ3v) is 13.3. The fraction of sp³-hybridized carbons (Fsp3) is 0.567. The third-order valence-electron chi connectivity index (χ3n) is 8.26. The van der Waals surface area contributed by atoms with E-state index in [1.165, 1.54) is 36.1 Å². The number of hydrogen-bond donors (Lipinski definition) is 1. The quantitative estimate of drug-likeness (QED) is 0.406. The van der Waals surface area contributed by atoms with E-state index in [1.54, 1.807) is 0 Å². The summed E-state index contributed by atoms with van der Waals surface area (Å²) in [6, 6.07) is 22.1. The number of carbonyl (C=O) groups is 1. The van der Waals surface area contributed by atoms with E-state index in [0.29, 0.717) is 18.9 Å². The van der Waals surface area contributed by atoms with Crippen molar-refractivity contribution in [3.8, 4) is 0 Å². The standard InChI is InChI=1S/C30H43NO3Si/c1-5-33-28(32)22-25-15-13-21-30(31-25)20-12-14-24(30)23-34-35(29(2,3)4,26-16-8-6-9-17-26)27-18-10-7-11-19-27/h6-11,16-19,24-25,31H,5,12-15,20-23H2,1-4H3/t24-,25-,30+/m1/s1. The van der Waals surface area contributed by atoms with Gasteiger partial charge >= 0.3 is 5.97 Å². The Hall–Kier alpha value is -1.95. The molecule has 0 unspecified atom stereocenters. The van der Waals surface area contributed by atoms with Gasteiger partial charge in [0.05, 0.1) is 13.0 Å². The molecule has 1 spiro atoms. The van der Waals surface area contributed by atoms with Crippen LogP contribution >= 0.6 is 0 Å². The summed E-state index contributed by atoms with van der Waals surface area (Å²) in [5.74, 6) is 0.370. The number of benzene rings is 2. The van der Waals surface area contributed by atoms with Gasteiger partial charge in [-0.2, -0.15) is 0 Å². The lowest BCUT2D eigenvalue weighted by Crippen LogP contribution is -2.67. The van der Waals surface area contributed by atoms with Crippen LogP contribution in [0.4, 0.5) is 0 Å². The highest BCUT2D eigenvalue weighted by molar-refractivity contribution is 6.99. The number of nitrogens with one attached hydrogen (secondary N) is 1. The molecule has 2 aliphatic rings. The minimum atomic E-state index is -2.55. The lowest BCUT2D eigenvalue weighted by atomic mass is 9.78. The summed E-state index contributed by atoms with van der Waals surface area (Å²) in [5.41, 5.74) is 0.0702. The van der Waals surface area contributed by atoms with Gasteiger partial charge in [0, 0.05) is 18.2 Å². The Morgan fingerprint density at radius 1 is 0.971 bits per heavy atom. The lowest BCUT2D eigenvalue weighted by molar-refractivity contribution is -0.144. The summed E-state index contributed by atoms with van der Waals surface area (Å²) in [5, 5.41) is 6.61. The summed E-state index contributed by atoms with van der Waals surface area (Å²) >= 11 is 0. The van der Waals surface area contributed by atoms with E-state index in [9.17, 15) is 4.79 Å². The predicted octanol–water partition coefficient (Wildman–Crippen LogP) is 5.20. The van der Waals surface area contributed by atoms with Crippen molar-refractivity contribution in [2.45, 2.75) is 89.3 Å². The molecule has 0 amide bonds. The normalized spacial score (nSPS) is 25.0. The number of rotatable bonds is 8. The molecule has 0 bridgehead atoms. The fourth-order valence-corrected chi connectivity index (χ4v) is 11.3. The van der Waals surface area contributed by atoms with Gasteiger partial charge in [-0.1, -0.05) is 94.3 Å². The first-order chi connectivity index (χ1) is 16.8. The highest BCUT2D eigenvalue weighted by atomic mass is 28.4. The Balaban J connectivity index is 1.61. The highest BCUT2D eigenvalue weighted by Gasteiger charge is 2.52. The van der Waals surface area contributed by atoms with Crippen molar-refractivity contribution < 1.29 is 14.0 Å². The van der Waals surface area contributed by atoms with Crippen LogP contribution in [0.15, 0.2) is 60.7 Å². The van der Waals surface area contributed by atoms with Crippen molar-refractivity contribution in [2.75, 3.05) is 13.2 Å². The molecule has 1 aliphatic heterocycles. The molecular formula is C30H43NO3Si. The Labute approximate surface area is 212 Å². The summed E-state index contributed by atoms with van der Waals surface area (Å²) in [7, 11) is -2.55. The van der Waals surface area contributed by atoms with E-state index < -0.39 is 8.32 Å². The number of esters is 1. The number of piperidine rings is 1. The van der Waals surface area contributed by atoms with E-state index in [2.05, 4.69) is 86.8 Å². The van der Waals surface area contributed by atoms with Crippen LogP contribution in [0.1, 0.15) is 72.6 Å². The first-order valence-electron chi connectivity index (χ1n) is 13.5. The van der Waals surface area contributed by atoms with Crippen LogP contribution in [0, 0.1) is 5.92 Å². The lowest BCUT2D eigenvalue weighted by Gasteiger charge is -2.47. The van der Waals surface area contributed by atoms with Gasteiger partial charge in [-0.25, -0.2) is 0 Å². The average Bonchev–Trinajstić information content (AvgIpc) is 3.21. The Morgan fingerprint density at radius 3 is 2.09 bits per heavy atom. The van der Waals surface area contributed by atoms with Crippen LogP contribution in [0.25, 0.3) is 0 Å². The second-order valence-electron chi connectivity index (χ2n) is 11.5. The summed E-state index contributed by atoms with van der Waals surface area (Å²) in [6.07, 6.45) is 7.40. The molecule has 2 aromatic carbocycles. The molecule has 1 saturated heterocycles. The molecule has 1 aliphatic carbocycles. The van der Waals surface area contributed by atoms with Crippen molar-refractivity contribution in [1.82, 2.24) is 5.32 Å². The first kappa shape index (κ1) is 26.1. The van der Waals surface area contributed by atoms with E-state index >= 15 is 0 Å². The zero-order valence-electron chi connectivity index (χ0n) is 22.0. The van der Waals surface area contributed by atoms with Gasteiger partial charge in [0.1, 0.15) is 0 Å². The molecule has 2 aromatic rings. The van der Waals surface area contributed by atoms with Crippen LogP contribution in [0.5, 0.6) is 0 Å². The first-order valence-corrected chi connectivity index (χ1v) is 15.4. The van der Waals surface area contributed by atoms with Gasteiger partial charge < -0.3 is 14.5 Å². The van der Waals surface area contributed by atoms with Crippen molar-refractivity contribution in [2.24, 2.45) is 5.92 Å². The maximum atomic E-state index is 12.2. The van der Waals surface area contributed by atoms with Crippen molar-refractivity contribution in [1.29, 1.82) is 0 Å². The predicted molar refractivity (Wildman–Crippen MR) is 146 cm³/mol. The van der Waals surface area contributed by atoms with Crippen LogP contribution in [-0.4, -0.2) is 39.1 Å². The van der Waals surface area contributed by atoms with Gasteiger partial charge in [-0.3, -0.25) is 4.79 Å². The number of hydrogen-bond acceptors (Lipinski definition) is 4. The largest absolute Gasteiger partial charge is 0.466 e. The van der Waals surface area contributed by atoms with Gasteiger partial charge in [0.2, 0.25) is 0 Å². The molecule has 190 valence electrons. The smallest absolute Gasteiger partial charge is 0.307 e. The number of carbonyl (C=O) groups excluding carboxylic acids is 1. The van der Waals surface area contributed by atoms with Crippen LogP contribution < -0.4 is 15.7 Å². The van der Waals surface area contributed by atoms with Gasteiger partial charge in [0.25, 0.3) is 8.32 Å². The van der Waals surface area contributed by atoms with Crippen LogP contribution in [0.3, 0.4) is 0 Å². The molecule has 35 heavy (non-hydrogen) atoms. The highest BCUT2D eigenvalue weighted by Crippen LogP contribution is 2.44. The maximum absolute atomic E-state index is 12.2. The molecule has 5 heteroatoms. The van der Waals surface area contributed by atoms with E-state index in [4.69, 9.17) is 9.16 Å². The zero-order valence-corrected chi connectivity index (χ0v) is 23.0. The maximum Gasteiger partial charge on any atom is 0.307 e. The van der Waals surface area contributed by atoms with Gasteiger partial charge in [0.15, 0.2) is 0 Å². The van der Waals surface area contributed by atoms with Gasteiger partial charge in [-0.05, 0) is 53.9 Å². The zero-order chi connectivity index (χ0) is 24.9. The Kier molecular flexibility index (Phi) is 8.19. The van der Waals surface area contributed by atoms with Crippen molar-refractivity contribution >= 4 is 24.7 Å². The second kappa shape index (κ2) is 11.0. The molecule has 0 aromatic heterocycles. The molecule has 1 N–H and O–H groups in total.